The summed E-state index contributed by atoms with van der Waals surface area (Å²) in [6, 6.07) is 14.5. The molecule has 2 aromatic rings. The molecule has 0 radical (unpaired) electrons. The fourth-order valence-corrected chi connectivity index (χ4v) is 3.35. The Morgan fingerprint density at radius 1 is 1.14 bits per heavy atom. The van der Waals surface area contributed by atoms with Crippen LogP contribution in [0.5, 0.6) is 0 Å². The largest absolute Gasteiger partial charge is 0.299 e. The average molecular weight is 344 g/mol. The number of nitrogens with zero attached hydrogens (tertiary/aromatic N) is 1. The molecule has 21 heavy (non-hydrogen) atoms. The van der Waals surface area contributed by atoms with Gasteiger partial charge in [0.05, 0.1) is 0 Å². The molecular weight excluding hydrogens is 326 g/mol. The number of Topliss-reactive ketones (excluding diaryl/α,β-unsaturated/α-hetero) is 1. The van der Waals surface area contributed by atoms with Gasteiger partial charge < -0.3 is 0 Å². The molecule has 0 amide bonds. The SMILES string of the molecule is O=C1CCC(c2ccccc2)CC1Cc1ccc(Br)cn1. The summed E-state index contributed by atoms with van der Waals surface area (Å²) >= 11 is 3.39. The number of pyridine rings is 1. The number of halogens is 1. The van der Waals surface area contributed by atoms with Gasteiger partial charge in [0, 0.05) is 28.7 Å². The number of carbonyl (C=O) groups is 1. The minimum absolute atomic E-state index is 0.109. The summed E-state index contributed by atoms with van der Waals surface area (Å²) in [5, 5.41) is 0. The predicted molar refractivity (Wildman–Crippen MR) is 87.2 cm³/mol. The lowest BCUT2D eigenvalue weighted by Gasteiger charge is -2.28. The molecule has 2 unspecified atom stereocenters. The summed E-state index contributed by atoms with van der Waals surface area (Å²) in [6.07, 6.45) is 5.18. The van der Waals surface area contributed by atoms with Crippen molar-refractivity contribution in [3.63, 3.8) is 0 Å². The van der Waals surface area contributed by atoms with Crippen molar-refractivity contribution in [2.45, 2.75) is 31.6 Å². The van der Waals surface area contributed by atoms with Crippen LogP contribution in [0, 0.1) is 5.92 Å². The van der Waals surface area contributed by atoms with Crippen LogP contribution in [0.3, 0.4) is 0 Å². The lowest BCUT2D eigenvalue weighted by atomic mass is 9.75. The van der Waals surface area contributed by atoms with Gasteiger partial charge in [0.15, 0.2) is 0 Å². The first-order valence-electron chi connectivity index (χ1n) is 7.40. The van der Waals surface area contributed by atoms with E-state index in [0.717, 1.165) is 29.4 Å². The maximum atomic E-state index is 12.2. The van der Waals surface area contributed by atoms with Crippen molar-refractivity contribution >= 4 is 21.7 Å². The van der Waals surface area contributed by atoms with Gasteiger partial charge in [-0.1, -0.05) is 30.3 Å². The topological polar surface area (TPSA) is 30.0 Å². The summed E-state index contributed by atoms with van der Waals surface area (Å²) in [5.74, 6) is 1.01. The third-order valence-corrected chi connectivity index (χ3v) is 4.75. The van der Waals surface area contributed by atoms with Gasteiger partial charge in [-0.05, 0) is 58.8 Å². The van der Waals surface area contributed by atoms with Crippen molar-refractivity contribution in [2.24, 2.45) is 5.92 Å². The summed E-state index contributed by atoms with van der Waals surface area (Å²) in [5.41, 5.74) is 2.36. The summed E-state index contributed by atoms with van der Waals surface area (Å²) in [4.78, 5) is 16.6. The van der Waals surface area contributed by atoms with Crippen LogP contribution in [0.25, 0.3) is 0 Å². The predicted octanol–water partition coefficient (Wildman–Crippen LogP) is 4.54. The van der Waals surface area contributed by atoms with Crippen LogP contribution >= 0.6 is 15.9 Å². The lowest BCUT2D eigenvalue weighted by Crippen LogP contribution is -2.26. The van der Waals surface area contributed by atoms with Gasteiger partial charge in [0.2, 0.25) is 0 Å². The Morgan fingerprint density at radius 2 is 1.95 bits per heavy atom. The van der Waals surface area contributed by atoms with Crippen LogP contribution in [0.2, 0.25) is 0 Å². The molecule has 1 aromatic heterocycles. The first kappa shape index (κ1) is 14.5. The number of ketones is 1. The van der Waals surface area contributed by atoms with E-state index < -0.39 is 0 Å². The zero-order chi connectivity index (χ0) is 14.7. The van der Waals surface area contributed by atoms with Gasteiger partial charge in [0.1, 0.15) is 5.78 Å². The Morgan fingerprint density at radius 3 is 2.67 bits per heavy atom. The molecule has 1 fully saturated rings. The van der Waals surface area contributed by atoms with Gasteiger partial charge in [-0.2, -0.15) is 0 Å². The van der Waals surface area contributed by atoms with E-state index in [0.29, 0.717) is 18.1 Å². The Bertz CT molecular complexity index is 609. The Hall–Kier alpha value is -1.48. The minimum atomic E-state index is 0.109. The van der Waals surface area contributed by atoms with Crippen molar-refractivity contribution in [3.05, 3.63) is 64.4 Å². The molecule has 3 rings (SSSR count). The summed E-state index contributed by atoms with van der Waals surface area (Å²) < 4.78 is 0.975. The standard InChI is InChI=1S/C18H18BrNO/c19-16-7-8-17(20-12-16)11-15-10-14(6-9-18(15)21)13-4-2-1-3-5-13/h1-5,7-8,12,14-15H,6,9-11H2. The fourth-order valence-electron chi connectivity index (χ4n) is 3.12. The first-order valence-corrected chi connectivity index (χ1v) is 8.20. The minimum Gasteiger partial charge on any atom is -0.299 e. The Labute approximate surface area is 133 Å². The molecule has 0 bridgehead atoms. The fraction of sp³-hybridized carbons (Fsp3) is 0.333. The van der Waals surface area contributed by atoms with Gasteiger partial charge in [-0.3, -0.25) is 9.78 Å². The van der Waals surface area contributed by atoms with E-state index in [4.69, 9.17) is 0 Å². The van der Waals surface area contributed by atoms with Gasteiger partial charge >= 0.3 is 0 Å². The number of aromatic nitrogens is 1. The second kappa shape index (κ2) is 6.52. The third kappa shape index (κ3) is 3.59. The average Bonchev–Trinajstić information content (AvgIpc) is 2.52. The maximum absolute atomic E-state index is 12.2. The molecule has 1 aliphatic carbocycles. The highest BCUT2D eigenvalue weighted by Gasteiger charge is 2.29. The number of rotatable bonds is 3. The lowest BCUT2D eigenvalue weighted by molar-refractivity contribution is -0.124. The molecule has 0 spiro atoms. The molecule has 1 heterocycles. The number of hydrogen-bond acceptors (Lipinski definition) is 2. The van der Waals surface area contributed by atoms with Crippen LogP contribution in [0.4, 0.5) is 0 Å². The normalized spacial score (nSPS) is 22.2. The molecule has 0 aliphatic heterocycles. The van der Waals surface area contributed by atoms with Crippen molar-refractivity contribution < 1.29 is 4.79 Å². The smallest absolute Gasteiger partial charge is 0.136 e. The van der Waals surface area contributed by atoms with E-state index in [1.807, 2.05) is 18.2 Å². The molecule has 2 atom stereocenters. The second-order valence-corrected chi connectivity index (χ2v) is 6.63. The zero-order valence-electron chi connectivity index (χ0n) is 11.8. The van der Waals surface area contributed by atoms with Gasteiger partial charge in [0.25, 0.3) is 0 Å². The monoisotopic (exact) mass is 343 g/mol. The maximum Gasteiger partial charge on any atom is 0.136 e. The number of benzene rings is 1. The van der Waals surface area contributed by atoms with Crippen molar-refractivity contribution in [1.29, 1.82) is 0 Å². The molecule has 2 nitrogen and oxygen atoms in total. The van der Waals surface area contributed by atoms with E-state index in [9.17, 15) is 4.79 Å². The molecule has 108 valence electrons. The Kier molecular flexibility index (Phi) is 4.49. The molecule has 3 heteroatoms. The molecule has 1 saturated carbocycles. The summed E-state index contributed by atoms with van der Waals surface area (Å²) in [7, 11) is 0. The highest BCUT2D eigenvalue weighted by atomic mass is 79.9. The van der Waals surface area contributed by atoms with Crippen LogP contribution in [0.1, 0.15) is 36.4 Å². The molecule has 0 N–H and O–H groups in total. The molecule has 0 saturated heterocycles. The third-order valence-electron chi connectivity index (χ3n) is 4.28. The Balaban J connectivity index is 1.72. The van der Waals surface area contributed by atoms with E-state index in [1.165, 1.54) is 5.56 Å². The van der Waals surface area contributed by atoms with Crippen molar-refractivity contribution in [1.82, 2.24) is 4.98 Å². The highest BCUT2D eigenvalue weighted by Crippen LogP contribution is 2.35. The second-order valence-electron chi connectivity index (χ2n) is 5.72. The van der Waals surface area contributed by atoms with Crippen LogP contribution < -0.4 is 0 Å². The number of carbonyl (C=O) groups excluding carboxylic acids is 1. The van der Waals surface area contributed by atoms with Crippen LogP contribution in [-0.2, 0) is 11.2 Å². The summed E-state index contributed by atoms with van der Waals surface area (Å²) in [6.45, 7) is 0. The molecule has 1 aliphatic rings. The van der Waals surface area contributed by atoms with Crippen LogP contribution in [-0.4, -0.2) is 10.8 Å². The number of hydrogen-bond donors (Lipinski definition) is 0. The zero-order valence-corrected chi connectivity index (χ0v) is 13.4. The highest BCUT2D eigenvalue weighted by molar-refractivity contribution is 9.10. The van der Waals surface area contributed by atoms with E-state index in [-0.39, 0.29) is 5.92 Å². The van der Waals surface area contributed by atoms with E-state index >= 15 is 0 Å². The van der Waals surface area contributed by atoms with Gasteiger partial charge in [-0.25, -0.2) is 0 Å². The van der Waals surface area contributed by atoms with Gasteiger partial charge in [-0.15, -0.1) is 0 Å². The van der Waals surface area contributed by atoms with Crippen molar-refractivity contribution in [2.75, 3.05) is 0 Å². The van der Waals surface area contributed by atoms with E-state index in [2.05, 4.69) is 45.2 Å². The van der Waals surface area contributed by atoms with Crippen LogP contribution in [0.15, 0.2) is 53.1 Å². The quantitative estimate of drug-likeness (QED) is 0.818. The molecular formula is C18H18BrNO. The van der Waals surface area contributed by atoms with Crippen molar-refractivity contribution in [3.8, 4) is 0 Å². The van der Waals surface area contributed by atoms with E-state index in [1.54, 1.807) is 6.20 Å². The first-order chi connectivity index (χ1) is 10.2. The molecule has 1 aromatic carbocycles.